The van der Waals surface area contributed by atoms with Gasteiger partial charge in [0.2, 0.25) is 0 Å². The maximum absolute atomic E-state index is 11.8. The van der Waals surface area contributed by atoms with Crippen molar-refractivity contribution in [2.45, 2.75) is 70.4 Å². The van der Waals surface area contributed by atoms with Crippen LogP contribution in [0.4, 0.5) is 4.79 Å². The van der Waals surface area contributed by atoms with Crippen LogP contribution in [0, 0.1) is 0 Å². The molecule has 0 radical (unpaired) electrons. The van der Waals surface area contributed by atoms with Gasteiger partial charge in [0.1, 0.15) is 12.7 Å². The number of nitrogens with one attached hydrogen (secondary N) is 2. The van der Waals surface area contributed by atoms with Crippen molar-refractivity contribution in [2.24, 2.45) is 0 Å². The first kappa shape index (κ1) is 22.0. The molecule has 1 heterocycles. The molecule has 1 atom stereocenters. The zero-order valence-electron chi connectivity index (χ0n) is 15.1. The van der Waals surface area contributed by atoms with E-state index in [1.54, 1.807) is 0 Å². The molecule has 2 N–H and O–H groups in total. The third kappa shape index (κ3) is 9.28. The smallest absolute Gasteiger partial charge is 0.338 e. The van der Waals surface area contributed by atoms with Crippen LogP contribution < -0.4 is 10.8 Å². The summed E-state index contributed by atoms with van der Waals surface area (Å²) in [5, 5.41) is 2.92. The number of urea groups is 1. The van der Waals surface area contributed by atoms with E-state index in [4.69, 9.17) is 9.57 Å². The fourth-order valence-corrected chi connectivity index (χ4v) is 3.45. The number of piperidine rings is 1. The Morgan fingerprint density at radius 3 is 2.36 bits per heavy atom. The van der Waals surface area contributed by atoms with Crippen molar-refractivity contribution < 1.29 is 19.2 Å². The van der Waals surface area contributed by atoms with Crippen molar-refractivity contribution in [3.8, 4) is 0 Å². The zero-order valence-corrected chi connectivity index (χ0v) is 15.9. The lowest BCUT2D eigenvalue weighted by molar-refractivity contribution is -0.152. The Kier molecular flexibility index (Phi) is 10.8. The van der Waals surface area contributed by atoms with Crippen LogP contribution in [-0.2, 0) is 14.4 Å². The van der Waals surface area contributed by atoms with Crippen LogP contribution in [0.5, 0.6) is 0 Å². The molecule has 0 aromatic rings. The fourth-order valence-electron chi connectivity index (χ4n) is 3.45. The average molecular weight is 378 g/mol. The lowest BCUT2D eigenvalue weighted by Crippen LogP contribution is -2.45. The Hall–Kier alpha value is -1.05. The van der Waals surface area contributed by atoms with Gasteiger partial charge in [-0.3, -0.25) is 14.5 Å². The van der Waals surface area contributed by atoms with Crippen molar-refractivity contribution in [3.05, 3.63) is 0 Å². The molecule has 8 heteroatoms. The van der Waals surface area contributed by atoms with Crippen molar-refractivity contribution in [2.75, 3.05) is 26.2 Å². The van der Waals surface area contributed by atoms with Gasteiger partial charge in [-0.15, -0.1) is 12.4 Å². The minimum absolute atomic E-state index is 0. The quantitative estimate of drug-likeness (QED) is 0.526. The number of halogens is 1. The van der Waals surface area contributed by atoms with Gasteiger partial charge in [-0.25, -0.2) is 10.3 Å². The standard InChI is InChI=1S/C17H31N3O4.ClH/c1-14(21)24-16(12-20-10-6-3-7-11-20)13-23-19-17(22)18-15-8-4-2-5-9-15;/h15-16H,2-13H2,1H3,(H2,18,19,22);1H. The van der Waals surface area contributed by atoms with Crippen LogP contribution in [0.2, 0.25) is 0 Å². The number of amides is 2. The number of hydrogen-bond donors (Lipinski definition) is 2. The molecule has 0 aromatic carbocycles. The minimum Gasteiger partial charge on any atom is -0.459 e. The first-order chi connectivity index (χ1) is 11.6. The molecule has 2 amide bonds. The molecule has 25 heavy (non-hydrogen) atoms. The maximum atomic E-state index is 11.8. The Morgan fingerprint density at radius 2 is 1.72 bits per heavy atom. The molecule has 1 saturated carbocycles. The first-order valence-corrected chi connectivity index (χ1v) is 9.21. The van der Waals surface area contributed by atoms with E-state index in [0.717, 1.165) is 38.8 Å². The van der Waals surface area contributed by atoms with Crippen LogP contribution in [0.1, 0.15) is 58.3 Å². The van der Waals surface area contributed by atoms with Crippen LogP contribution >= 0.6 is 12.4 Å². The van der Waals surface area contributed by atoms with Gasteiger partial charge < -0.3 is 10.1 Å². The number of ether oxygens (including phenoxy) is 1. The summed E-state index contributed by atoms with van der Waals surface area (Å²) in [6.07, 6.45) is 8.87. The summed E-state index contributed by atoms with van der Waals surface area (Å²) in [6, 6.07) is -0.0820. The molecule has 1 unspecified atom stereocenters. The third-order valence-electron chi connectivity index (χ3n) is 4.62. The predicted octanol–water partition coefficient (Wildman–Crippen LogP) is 2.39. The van der Waals surface area contributed by atoms with Crippen LogP contribution in [0.3, 0.4) is 0 Å². The number of carbonyl (C=O) groups is 2. The highest BCUT2D eigenvalue weighted by Crippen LogP contribution is 2.17. The number of carbonyl (C=O) groups excluding carboxylic acids is 2. The van der Waals surface area contributed by atoms with Crippen LogP contribution in [-0.4, -0.2) is 55.3 Å². The molecule has 0 spiro atoms. The predicted molar refractivity (Wildman–Crippen MR) is 97.6 cm³/mol. The molecular weight excluding hydrogens is 346 g/mol. The third-order valence-corrected chi connectivity index (χ3v) is 4.62. The number of rotatable bonds is 7. The average Bonchev–Trinajstić information content (AvgIpc) is 2.56. The van der Waals surface area contributed by atoms with Gasteiger partial charge >= 0.3 is 12.0 Å². The van der Waals surface area contributed by atoms with Gasteiger partial charge in [-0.1, -0.05) is 25.7 Å². The monoisotopic (exact) mass is 377 g/mol. The van der Waals surface area contributed by atoms with E-state index in [9.17, 15) is 9.59 Å². The largest absolute Gasteiger partial charge is 0.459 e. The number of hydrogen-bond acceptors (Lipinski definition) is 5. The topological polar surface area (TPSA) is 79.9 Å². The fraction of sp³-hybridized carbons (Fsp3) is 0.882. The second-order valence-corrected chi connectivity index (χ2v) is 6.81. The highest BCUT2D eigenvalue weighted by Gasteiger charge is 2.20. The summed E-state index contributed by atoms with van der Waals surface area (Å²) in [5.74, 6) is -0.327. The van der Waals surface area contributed by atoms with Crippen molar-refractivity contribution in [1.82, 2.24) is 15.7 Å². The van der Waals surface area contributed by atoms with Gasteiger partial charge in [-0.05, 0) is 38.8 Å². The number of esters is 1. The van der Waals surface area contributed by atoms with E-state index < -0.39 is 0 Å². The minimum atomic E-state index is -0.365. The molecule has 2 aliphatic rings. The normalized spacial score (nSPS) is 20.2. The van der Waals surface area contributed by atoms with E-state index in [0.29, 0.717) is 6.54 Å². The first-order valence-electron chi connectivity index (χ1n) is 9.21. The SMILES string of the molecule is CC(=O)OC(CONC(=O)NC1CCCCC1)CN1CCCCC1.Cl. The summed E-state index contributed by atoms with van der Waals surface area (Å²) < 4.78 is 5.31. The summed E-state index contributed by atoms with van der Waals surface area (Å²) in [7, 11) is 0. The zero-order chi connectivity index (χ0) is 17.2. The summed E-state index contributed by atoms with van der Waals surface area (Å²) in [4.78, 5) is 30.7. The van der Waals surface area contributed by atoms with Gasteiger partial charge in [-0.2, -0.15) is 0 Å². The lowest BCUT2D eigenvalue weighted by atomic mass is 9.96. The second-order valence-electron chi connectivity index (χ2n) is 6.81. The van der Waals surface area contributed by atoms with Crippen molar-refractivity contribution in [3.63, 3.8) is 0 Å². The molecule has 2 rings (SSSR count). The van der Waals surface area contributed by atoms with E-state index in [1.807, 2.05) is 0 Å². The van der Waals surface area contributed by atoms with Gasteiger partial charge in [0.05, 0.1) is 0 Å². The molecule has 0 bridgehead atoms. The maximum Gasteiger partial charge on any atom is 0.338 e. The highest BCUT2D eigenvalue weighted by molar-refractivity contribution is 5.85. The number of likely N-dealkylation sites (tertiary alicyclic amines) is 1. The molecule has 1 aliphatic carbocycles. The van der Waals surface area contributed by atoms with Crippen LogP contribution in [0.15, 0.2) is 0 Å². The Labute approximate surface area is 156 Å². The Bertz CT molecular complexity index is 399. The molecule has 146 valence electrons. The lowest BCUT2D eigenvalue weighted by Gasteiger charge is -2.30. The van der Waals surface area contributed by atoms with E-state index in [2.05, 4.69) is 15.7 Å². The summed E-state index contributed by atoms with van der Waals surface area (Å²) in [6.45, 7) is 4.24. The van der Waals surface area contributed by atoms with Crippen molar-refractivity contribution in [1.29, 1.82) is 0 Å². The molecule has 1 saturated heterocycles. The van der Waals surface area contributed by atoms with Crippen molar-refractivity contribution >= 4 is 24.4 Å². The summed E-state index contributed by atoms with van der Waals surface area (Å²) in [5.41, 5.74) is 2.41. The van der Waals surface area contributed by atoms with E-state index in [1.165, 1.54) is 32.6 Å². The molecule has 7 nitrogen and oxygen atoms in total. The molecule has 1 aliphatic heterocycles. The summed E-state index contributed by atoms with van der Waals surface area (Å²) >= 11 is 0. The van der Waals surface area contributed by atoms with E-state index >= 15 is 0 Å². The second kappa shape index (κ2) is 12.3. The van der Waals surface area contributed by atoms with E-state index in [-0.39, 0.29) is 43.2 Å². The molecule has 0 aromatic heterocycles. The van der Waals surface area contributed by atoms with Crippen LogP contribution in [0.25, 0.3) is 0 Å². The number of nitrogens with zero attached hydrogens (tertiary/aromatic N) is 1. The molecule has 2 fully saturated rings. The Balaban J connectivity index is 0.00000312. The van der Waals surface area contributed by atoms with Gasteiger partial charge in [0.25, 0.3) is 0 Å². The van der Waals surface area contributed by atoms with Gasteiger partial charge in [0.15, 0.2) is 0 Å². The highest BCUT2D eigenvalue weighted by atomic mass is 35.5. The molecular formula is C17H32ClN3O4. The Morgan fingerprint density at radius 1 is 1.08 bits per heavy atom. The number of hydroxylamine groups is 1. The van der Waals surface area contributed by atoms with Gasteiger partial charge in [0, 0.05) is 19.5 Å².